The molecule has 0 aliphatic heterocycles. The first-order valence-electron chi connectivity index (χ1n) is 6.49. The first kappa shape index (κ1) is 13.8. The average Bonchev–Trinajstić information content (AvgIpc) is 2.80. The van der Waals surface area contributed by atoms with E-state index in [0.717, 1.165) is 22.2 Å². The van der Waals surface area contributed by atoms with Crippen molar-refractivity contribution in [2.45, 2.75) is 43.9 Å². The van der Waals surface area contributed by atoms with Gasteiger partial charge < -0.3 is 0 Å². The maximum Gasteiger partial charge on any atom is 0.165 e. The fraction of sp³-hybridized carbons (Fsp3) is 0.500. The molecule has 0 bridgehead atoms. The Labute approximate surface area is 117 Å². The minimum Gasteiger partial charge on any atom is -0.272 e. The van der Waals surface area contributed by atoms with Crippen LogP contribution in [0.3, 0.4) is 0 Å². The number of benzene rings is 1. The van der Waals surface area contributed by atoms with E-state index >= 15 is 0 Å². The van der Waals surface area contributed by atoms with Crippen LogP contribution in [0.4, 0.5) is 0 Å². The molecule has 2 N–H and O–H groups in total. The molecule has 2 aromatic rings. The van der Waals surface area contributed by atoms with Crippen molar-refractivity contribution < 1.29 is 0 Å². The van der Waals surface area contributed by atoms with E-state index in [2.05, 4.69) is 37.0 Å². The van der Waals surface area contributed by atoms with Crippen molar-refractivity contribution in [1.82, 2.24) is 4.98 Å². The molecule has 1 aromatic carbocycles. The first-order chi connectivity index (χ1) is 8.74. The Bertz CT molecular complexity index is 507. The van der Waals surface area contributed by atoms with Crippen LogP contribution in [-0.2, 0) is 6.42 Å². The predicted molar refractivity (Wildman–Crippen MR) is 82.1 cm³/mol. The van der Waals surface area contributed by atoms with E-state index in [4.69, 9.17) is 5.14 Å². The molecule has 0 spiro atoms. The number of rotatable bonds is 6. The molecule has 1 aromatic heterocycles. The monoisotopic (exact) mass is 280 g/mol. The number of para-hydroxylation sites is 1. The fourth-order valence-electron chi connectivity index (χ4n) is 2.23. The van der Waals surface area contributed by atoms with Gasteiger partial charge in [-0.05, 0) is 35.9 Å². The van der Waals surface area contributed by atoms with Crippen molar-refractivity contribution >= 4 is 33.5 Å². The number of unbranched alkanes of at least 4 members (excludes halogenated alkanes) is 1. The van der Waals surface area contributed by atoms with Gasteiger partial charge >= 0.3 is 0 Å². The number of hydrogen-bond acceptors (Lipinski definition) is 4. The summed E-state index contributed by atoms with van der Waals surface area (Å²) in [5.41, 5.74) is 2.52. The normalized spacial score (nSPS) is 13.1. The minimum absolute atomic E-state index is 0.728. The summed E-state index contributed by atoms with van der Waals surface area (Å²) in [7, 11) is 0. The zero-order valence-electron chi connectivity index (χ0n) is 11.0. The van der Waals surface area contributed by atoms with E-state index in [1.165, 1.54) is 41.5 Å². The molecule has 0 aliphatic carbocycles. The summed E-state index contributed by atoms with van der Waals surface area (Å²) in [6.07, 6.45) is 5.02. The first-order valence-corrected chi connectivity index (χ1v) is 8.19. The van der Waals surface area contributed by atoms with Gasteiger partial charge in [0.25, 0.3) is 0 Å². The summed E-state index contributed by atoms with van der Waals surface area (Å²) < 4.78 is 2.21. The maximum atomic E-state index is 5.60. The highest BCUT2D eigenvalue weighted by Crippen LogP contribution is 2.30. The number of fused-ring (bicyclic) bond motifs is 1. The Hall–Kier alpha value is -0.580. The van der Waals surface area contributed by atoms with Gasteiger partial charge in [-0.15, -0.1) is 11.3 Å². The van der Waals surface area contributed by atoms with E-state index in [1.807, 2.05) is 0 Å². The quantitative estimate of drug-likeness (QED) is 0.784. The summed E-state index contributed by atoms with van der Waals surface area (Å²) >= 11 is 2.93. The molecule has 2 nitrogen and oxygen atoms in total. The van der Waals surface area contributed by atoms with Crippen LogP contribution < -0.4 is 5.14 Å². The van der Waals surface area contributed by atoms with Crippen molar-refractivity contribution in [3.63, 3.8) is 0 Å². The van der Waals surface area contributed by atoms with E-state index in [9.17, 15) is 0 Å². The molecule has 1 atom stereocenters. The topological polar surface area (TPSA) is 38.9 Å². The molecular weight excluding hydrogens is 260 g/mol. The van der Waals surface area contributed by atoms with Crippen LogP contribution in [0.5, 0.6) is 0 Å². The molecule has 0 saturated heterocycles. The summed E-state index contributed by atoms with van der Waals surface area (Å²) in [5.74, 6) is 0.728. The lowest BCUT2D eigenvalue weighted by molar-refractivity contribution is 0.505. The second-order valence-corrected chi connectivity index (χ2v) is 6.72. The molecule has 1 unspecified atom stereocenters. The smallest absolute Gasteiger partial charge is 0.165 e. The summed E-state index contributed by atoms with van der Waals surface area (Å²) in [6.45, 7) is 4.58. The molecule has 18 heavy (non-hydrogen) atoms. The van der Waals surface area contributed by atoms with E-state index in [-0.39, 0.29) is 0 Å². The van der Waals surface area contributed by atoms with Crippen molar-refractivity contribution in [2.75, 3.05) is 0 Å². The summed E-state index contributed by atoms with van der Waals surface area (Å²) in [4.78, 5) is 4.62. The second kappa shape index (κ2) is 6.55. The zero-order valence-corrected chi connectivity index (χ0v) is 12.6. The third-order valence-electron chi connectivity index (χ3n) is 3.20. The minimum atomic E-state index is 0.728. The standard InChI is InChI=1S/C14H20N2S2/c1-3-4-6-10(2)9-11-7-5-8-12-13(11)16-14(17-12)18-15/h5,7-8,10H,3-4,6,9,15H2,1-2H3. The molecule has 0 saturated carbocycles. The SMILES string of the molecule is CCCCC(C)Cc1cccc2sc(SN)nc12. The molecule has 0 amide bonds. The van der Waals surface area contributed by atoms with Gasteiger partial charge in [0, 0.05) is 0 Å². The van der Waals surface area contributed by atoms with Crippen LogP contribution in [-0.4, -0.2) is 4.98 Å². The highest BCUT2D eigenvalue weighted by molar-refractivity contribution is 7.99. The molecule has 0 radical (unpaired) electrons. The molecule has 1 heterocycles. The number of thiazole rings is 1. The van der Waals surface area contributed by atoms with Gasteiger partial charge in [-0.2, -0.15) is 0 Å². The van der Waals surface area contributed by atoms with Gasteiger partial charge in [0.15, 0.2) is 4.34 Å². The highest BCUT2D eigenvalue weighted by Gasteiger charge is 2.10. The van der Waals surface area contributed by atoms with Gasteiger partial charge in [0.1, 0.15) is 0 Å². The zero-order chi connectivity index (χ0) is 13.0. The van der Waals surface area contributed by atoms with Crippen molar-refractivity contribution in [3.05, 3.63) is 23.8 Å². The number of nitrogens with two attached hydrogens (primary N) is 1. The molecule has 4 heteroatoms. The number of nitrogens with zero attached hydrogens (tertiary/aromatic N) is 1. The molecule has 2 rings (SSSR count). The Morgan fingerprint density at radius 2 is 2.28 bits per heavy atom. The Morgan fingerprint density at radius 1 is 1.44 bits per heavy atom. The molecule has 98 valence electrons. The summed E-state index contributed by atoms with van der Waals surface area (Å²) in [5, 5.41) is 5.60. The van der Waals surface area contributed by atoms with Crippen LogP contribution in [0.25, 0.3) is 10.2 Å². The number of hydrogen-bond donors (Lipinski definition) is 1. The predicted octanol–water partition coefficient (Wildman–Crippen LogP) is 4.63. The van der Waals surface area contributed by atoms with Gasteiger partial charge in [-0.25, -0.2) is 4.98 Å². The van der Waals surface area contributed by atoms with Crippen LogP contribution in [0.15, 0.2) is 22.5 Å². The molecule has 0 aliphatic rings. The van der Waals surface area contributed by atoms with Crippen molar-refractivity contribution in [1.29, 1.82) is 0 Å². The lowest BCUT2D eigenvalue weighted by Gasteiger charge is -2.10. The van der Waals surface area contributed by atoms with E-state index in [0.29, 0.717) is 0 Å². The Balaban J connectivity index is 2.19. The Morgan fingerprint density at radius 3 is 3.00 bits per heavy atom. The van der Waals surface area contributed by atoms with Crippen molar-refractivity contribution in [2.24, 2.45) is 11.1 Å². The lowest BCUT2D eigenvalue weighted by Crippen LogP contribution is -2.00. The van der Waals surface area contributed by atoms with Gasteiger partial charge in [-0.1, -0.05) is 45.2 Å². The summed E-state index contributed by atoms with van der Waals surface area (Å²) in [6, 6.07) is 6.47. The number of aromatic nitrogens is 1. The van der Waals surface area contributed by atoms with Gasteiger partial charge in [0.05, 0.1) is 10.2 Å². The van der Waals surface area contributed by atoms with Crippen LogP contribution in [0.1, 0.15) is 38.7 Å². The van der Waals surface area contributed by atoms with Gasteiger partial charge in [0.2, 0.25) is 0 Å². The van der Waals surface area contributed by atoms with Crippen molar-refractivity contribution in [3.8, 4) is 0 Å². The van der Waals surface area contributed by atoms with Crippen LogP contribution >= 0.6 is 23.3 Å². The molecule has 0 fully saturated rings. The molecular formula is C14H20N2S2. The lowest BCUT2D eigenvalue weighted by atomic mass is 9.95. The van der Waals surface area contributed by atoms with E-state index < -0.39 is 0 Å². The third kappa shape index (κ3) is 3.25. The largest absolute Gasteiger partial charge is 0.272 e. The van der Waals surface area contributed by atoms with Crippen LogP contribution in [0, 0.1) is 5.92 Å². The third-order valence-corrected chi connectivity index (χ3v) is 4.85. The Kier molecular flexibility index (Phi) is 5.03. The maximum absolute atomic E-state index is 5.60. The van der Waals surface area contributed by atoms with E-state index in [1.54, 1.807) is 11.3 Å². The average molecular weight is 280 g/mol. The fourth-order valence-corrected chi connectivity index (χ4v) is 3.58. The van der Waals surface area contributed by atoms with Crippen LogP contribution in [0.2, 0.25) is 0 Å². The highest BCUT2D eigenvalue weighted by atomic mass is 32.2. The second-order valence-electron chi connectivity index (χ2n) is 4.81. The van der Waals surface area contributed by atoms with Gasteiger partial charge in [-0.3, -0.25) is 5.14 Å².